The van der Waals surface area contributed by atoms with E-state index in [9.17, 15) is 22.4 Å². The van der Waals surface area contributed by atoms with Crippen LogP contribution in [0, 0.1) is 5.82 Å². The van der Waals surface area contributed by atoms with E-state index in [0.29, 0.717) is 22.0 Å². The summed E-state index contributed by atoms with van der Waals surface area (Å²) in [4.78, 5) is 16.3. The van der Waals surface area contributed by atoms with Gasteiger partial charge in [-0.05, 0) is 24.3 Å². The highest BCUT2D eigenvalue weighted by molar-refractivity contribution is 7.13. The van der Waals surface area contributed by atoms with Crippen LogP contribution in [-0.4, -0.2) is 24.0 Å². The smallest absolute Gasteiger partial charge is 0.416 e. The van der Waals surface area contributed by atoms with E-state index < -0.39 is 17.6 Å². The van der Waals surface area contributed by atoms with Crippen LogP contribution in [0.25, 0.3) is 10.6 Å². The number of aromatic nitrogens is 1. The Labute approximate surface area is 168 Å². The lowest BCUT2D eigenvalue weighted by Crippen LogP contribution is -2.29. The highest BCUT2D eigenvalue weighted by Crippen LogP contribution is 2.31. The average molecular weight is 424 g/mol. The van der Waals surface area contributed by atoms with Gasteiger partial charge in [0.1, 0.15) is 23.2 Å². The second-order valence-electron chi connectivity index (χ2n) is 6.05. The van der Waals surface area contributed by atoms with Gasteiger partial charge in [0.2, 0.25) is 5.91 Å². The van der Waals surface area contributed by atoms with Gasteiger partial charge in [-0.2, -0.15) is 13.2 Å². The molecule has 0 aliphatic carbocycles. The van der Waals surface area contributed by atoms with Crippen LogP contribution in [0.1, 0.15) is 11.3 Å². The van der Waals surface area contributed by atoms with Gasteiger partial charge in [0.15, 0.2) is 0 Å². The maximum atomic E-state index is 13.0. The first-order valence-electron chi connectivity index (χ1n) is 8.58. The number of amides is 1. The van der Waals surface area contributed by atoms with E-state index in [1.807, 2.05) is 0 Å². The summed E-state index contributed by atoms with van der Waals surface area (Å²) in [6.45, 7) is 0.425. The van der Waals surface area contributed by atoms with Crippen LogP contribution < -0.4 is 10.1 Å². The van der Waals surface area contributed by atoms with Gasteiger partial charge in [-0.25, -0.2) is 9.37 Å². The molecule has 0 saturated carbocycles. The van der Waals surface area contributed by atoms with E-state index in [1.54, 1.807) is 11.4 Å². The Morgan fingerprint density at radius 1 is 1.14 bits per heavy atom. The van der Waals surface area contributed by atoms with Crippen molar-refractivity contribution in [1.29, 1.82) is 0 Å². The molecule has 4 nitrogen and oxygen atoms in total. The van der Waals surface area contributed by atoms with Crippen molar-refractivity contribution >= 4 is 17.2 Å². The number of alkyl halides is 3. The number of benzene rings is 2. The lowest BCUT2D eigenvalue weighted by atomic mass is 10.1. The molecule has 29 heavy (non-hydrogen) atoms. The molecule has 1 N–H and O–H groups in total. The average Bonchev–Trinajstić information content (AvgIpc) is 3.13. The minimum Gasteiger partial charge on any atom is -0.492 e. The van der Waals surface area contributed by atoms with Gasteiger partial charge in [0, 0.05) is 17.0 Å². The lowest BCUT2D eigenvalue weighted by molar-refractivity contribution is -0.137. The molecule has 0 aliphatic heterocycles. The normalized spacial score (nSPS) is 11.3. The summed E-state index contributed by atoms with van der Waals surface area (Å²) in [6, 6.07) is 10.4. The summed E-state index contributed by atoms with van der Waals surface area (Å²) in [5, 5.41) is 4.90. The molecule has 1 aromatic heterocycles. The van der Waals surface area contributed by atoms with Crippen LogP contribution in [-0.2, 0) is 17.4 Å². The van der Waals surface area contributed by atoms with Crippen molar-refractivity contribution in [2.75, 3.05) is 13.2 Å². The zero-order valence-electron chi connectivity index (χ0n) is 15.0. The van der Waals surface area contributed by atoms with Gasteiger partial charge in [0.05, 0.1) is 24.2 Å². The predicted octanol–water partition coefficient (Wildman–Crippen LogP) is 4.71. The summed E-state index contributed by atoms with van der Waals surface area (Å²) in [6.07, 6.45) is -4.35. The molecule has 0 unspecified atom stereocenters. The molecule has 2 aromatic carbocycles. The molecular weight excluding hydrogens is 408 g/mol. The Hall–Kier alpha value is -2.94. The third kappa shape index (κ3) is 6.02. The molecule has 0 radical (unpaired) electrons. The highest BCUT2D eigenvalue weighted by atomic mass is 32.1. The molecule has 0 atom stereocenters. The van der Waals surface area contributed by atoms with Crippen molar-refractivity contribution in [2.24, 2.45) is 0 Å². The van der Waals surface area contributed by atoms with Gasteiger partial charge >= 0.3 is 6.18 Å². The zero-order chi connectivity index (χ0) is 20.9. The first-order chi connectivity index (χ1) is 13.8. The third-order valence-corrected chi connectivity index (χ3v) is 4.78. The number of hydrogen-bond donors (Lipinski definition) is 1. The number of thiazole rings is 1. The zero-order valence-corrected chi connectivity index (χ0v) is 15.8. The summed E-state index contributed by atoms with van der Waals surface area (Å²) in [5.41, 5.74) is 0.351. The van der Waals surface area contributed by atoms with Gasteiger partial charge in [-0.15, -0.1) is 11.3 Å². The van der Waals surface area contributed by atoms with E-state index in [1.165, 1.54) is 41.7 Å². The largest absolute Gasteiger partial charge is 0.492 e. The molecule has 0 saturated heterocycles. The Balaban J connectivity index is 1.47. The second kappa shape index (κ2) is 9.04. The maximum Gasteiger partial charge on any atom is 0.416 e. The quantitative estimate of drug-likeness (QED) is 0.442. The fourth-order valence-corrected chi connectivity index (χ4v) is 3.29. The number of nitrogens with zero attached hydrogens (tertiary/aromatic N) is 1. The van der Waals surface area contributed by atoms with E-state index in [0.717, 1.165) is 12.1 Å². The van der Waals surface area contributed by atoms with E-state index in [2.05, 4.69) is 10.3 Å². The number of carbonyl (C=O) groups is 1. The predicted molar refractivity (Wildman–Crippen MR) is 101 cm³/mol. The van der Waals surface area contributed by atoms with E-state index in [4.69, 9.17) is 4.74 Å². The van der Waals surface area contributed by atoms with Gasteiger partial charge in [-0.3, -0.25) is 4.79 Å². The van der Waals surface area contributed by atoms with Gasteiger partial charge in [0.25, 0.3) is 0 Å². The maximum absolute atomic E-state index is 13.0. The fourth-order valence-electron chi connectivity index (χ4n) is 2.47. The van der Waals surface area contributed by atoms with Crippen LogP contribution >= 0.6 is 11.3 Å². The monoisotopic (exact) mass is 424 g/mol. The molecule has 3 aromatic rings. The molecule has 1 heterocycles. The van der Waals surface area contributed by atoms with Crippen molar-refractivity contribution in [3.8, 4) is 16.3 Å². The van der Waals surface area contributed by atoms with Crippen LogP contribution in [0.4, 0.5) is 17.6 Å². The minimum atomic E-state index is -4.39. The fraction of sp³-hybridized carbons (Fsp3) is 0.200. The highest BCUT2D eigenvalue weighted by Gasteiger charge is 2.30. The molecule has 0 spiro atoms. The molecule has 0 aliphatic rings. The molecule has 0 fully saturated rings. The van der Waals surface area contributed by atoms with E-state index in [-0.39, 0.29) is 25.5 Å². The van der Waals surface area contributed by atoms with Gasteiger partial charge in [-0.1, -0.05) is 18.2 Å². The van der Waals surface area contributed by atoms with E-state index >= 15 is 0 Å². The molecule has 3 rings (SSSR count). The molecule has 1 amide bonds. The van der Waals surface area contributed by atoms with Crippen LogP contribution in [0.3, 0.4) is 0 Å². The first kappa shape index (κ1) is 20.8. The third-order valence-electron chi connectivity index (χ3n) is 3.84. The Morgan fingerprint density at radius 3 is 2.59 bits per heavy atom. The Morgan fingerprint density at radius 2 is 1.90 bits per heavy atom. The summed E-state index contributed by atoms with van der Waals surface area (Å²) in [5.74, 6) is -0.295. The minimum absolute atomic E-state index is 0.0388. The Kier molecular flexibility index (Phi) is 6.48. The number of hydrogen-bond acceptors (Lipinski definition) is 4. The van der Waals surface area contributed by atoms with Crippen LogP contribution in [0.2, 0.25) is 0 Å². The SMILES string of the molecule is O=C(Cc1csc(-c2ccc(C(F)(F)F)cc2)n1)NCCOc1cccc(F)c1. The van der Waals surface area contributed by atoms with Crippen molar-refractivity contribution < 1.29 is 27.1 Å². The molecule has 0 bridgehead atoms. The summed E-state index contributed by atoms with van der Waals surface area (Å²) >= 11 is 1.25. The summed E-state index contributed by atoms with van der Waals surface area (Å²) < 4.78 is 56.3. The van der Waals surface area contributed by atoms with Crippen molar-refractivity contribution in [3.05, 3.63) is 71.0 Å². The molecular formula is C20H16F4N2O2S. The van der Waals surface area contributed by atoms with Crippen molar-refractivity contribution in [1.82, 2.24) is 10.3 Å². The summed E-state index contributed by atoms with van der Waals surface area (Å²) in [7, 11) is 0. The number of carbonyl (C=O) groups excluding carboxylic acids is 1. The molecule has 152 valence electrons. The first-order valence-corrected chi connectivity index (χ1v) is 9.46. The number of nitrogens with one attached hydrogen (secondary N) is 1. The van der Waals surface area contributed by atoms with Crippen LogP contribution in [0.15, 0.2) is 53.9 Å². The Bertz CT molecular complexity index is 971. The van der Waals surface area contributed by atoms with Crippen LogP contribution in [0.5, 0.6) is 5.75 Å². The second-order valence-corrected chi connectivity index (χ2v) is 6.91. The molecule has 9 heteroatoms. The number of halogens is 4. The standard InChI is InChI=1S/C20H16F4N2O2S/c21-15-2-1-3-17(10-15)28-9-8-25-18(27)11-16-12-29-19(26-16)13-4-6-14(7-5-13)20(22,23)24/h1-7,10,12H,8-9,11H2,(H,25,27). The van der Waals surface area contributed by atoms with Gasteiger partial charge < -0.3 is 10.1 Å². The van der Waals surface area contributed by atoms with Crippen molar-refractivity contribution in [2.45, 2.75) is 12.6 Å². The number of ether oxygens (including phenoxy) is 1. The topological polar surface area (TPSA) is 51.2 Å². The number of rotatable bonds is 7. The van der Waals surface area contributed by atoms with Crippen molar-refractivity contribution in [3.63, 3.8) is 0 Å². The lowest BCUT2D eigenvalue weighted by Gasteiger charge is -2.07.